The second kappa shape index (κ2) is 4.13. The van der Waals surface area contributed by atoms with Crippen LogP contribution in [0.4, 0.5) is 5.69 Å². The number of halogens is 1. The molecule has 1 N–H and O–H groups in total. The molecule has 0 aromatic heterocycles. The van der Waals surface area contributed by atoms with Gasteiger partial charge in [0.05, 0.1) is 18.4 Å². The number of anilines is 1. The van der Waals surface area contributed by atoms with Crippen molar-refractivity contribution in [3.8, 4) is 5.75 Å². The summed E-state index contributed by atoms with van der Waals surface area (Å²) in [5.41, 5.74) is 0.896. The number of ether oxygens (including phenoxy) is 2. The van der Waals surface area contributed by atoms with Crippen LogP contribution in [0.1, 0.15) is 10.4 Å². The normalized spacial score (nSPS) is 13.5. The summed E-state index contributed by atoms with van der Waals surface area (Å²) in [7, 11) is 1.30. The minimum absolute atomic E-state index is 0.0515. The van der Waals surface area contributed by atoms with Gasteiger partial charge in [0.25, 0.3) is 5.91 Å². The summed E-state index contributed by atoms with van der Waals surface area (Å²) in [5.74, 6) is -0.225. The molecule has 0 fully saturated rings. The van der Waals surface area contributed by atoms with Crippen molar-refractivity contribution in [2.75, 3.05) is 19.0 Å². The number of fused-ring (bicyclic) bond motifs is 1. The molecule has 1 aliphatic heterocycles. The van der Waals surface area contributed by atoms with E-state index in [0.717, 1.165) is 0 Å². The smallest absolute Gasteiger partial charge is 0.338 e. The van der Waals surface area contributed by atoms with Crippen LogP contribution in [0.3, 0.4) is 0 Å². The third kappa shape index (κ3) is 1.88. The lowest BCUT2D eigenvalue weighted by Crippen LogP contribution is -2.26. The summed E-state index contributed by atoms with van der Waals surface area (Å²) < 4.78 is 10.4. The number of hydrogen-bond acceptors (Lipinski definition) is 4. The lowest BCUT2D eigenvalue weighted by Gasteiger charge is -2.19. The molecule has 0 saturated carbocycles. The SMILES string of the molecule is COC(=O)c1cc(Br)c2c(c1)OCC(=O)N2. The fraction of sp³-hybridized carbons (Fsp3) is 0.200. The Balaban J connectivity index is 2.46. The minimum atomic E-state index is -0.455. The van der Waals surface area contributed by atoms with Crippen LogP contribution in [0.2, 0.25) is 0 Å². The van der Waals surface area contributed by atoms with Crippen LogP contribution in [0.5, 0.6) is 5.75 Å². The van der Waals surface area contributed by atoms with Gasteiger partial charge in [-0.1, -0.05) is 0 Å². The van der Waals surface area contributed by atoms with Crippen molar-refractivity contribution in [3.05, 3.63) is 22.2 Å². The fourth-order valence-corrected chi connectivity index (χ4v) is 1.91. The quantitative estimate of drug-likeness (QED) is 0.796. The predicted molar refractivity (Wildman–Crippen MR) is 59.6 cm³/mol. The second-order valence-electron chi connectivity index (χ2n) is 3.16. The van der Waals surface area contributed by atoms with Crippen LogP contribution in [-0.2, 0) is 9.53 Å². The Morgan fingerprint density at radius 3 is 3.00 bits per heavy atom. The Morgan fingerprint density at radius 2 is 2.31 bits per heavy atom. The van der Waals surface area contributed by atoms with Crippen molar-refractivity contribution in [1.82, 2.24) is 0 Å². The van der Waals surface area contributed by atoms with Crippen LogP contribution >= 0.6 is 15.9 Å². The highest BCUT2D eigenvalue weighted by atomic mass is 79.9. The highest BCUT2D eigenvalue weighted by Gasteiger charge is 2.21. The number of rotatable bonds is 1. The van der Waals surface area contributed by atoms with Crippen LogP contribution in [-0.4, -0.2) is 25.6 Å². The minimum Gasteiger partial charge on any atom is -0.482 e. The first-order chi connectivity index (χ1) is 7.61. The molecule has 0 radical (unpaired) electrons. The van der Waals surface area contributed by atoms with Gasteiger partial charge < -0.3 is 14.8 Å². The van der Waals surface area contributed by atoms with Gasteiger partial charge in [-0.25, -0.2) is 4.79 Å². The highest BCUT2D eigenvalue weighted by Crippen LogP contribution is 2.36. The Hall–Kier alpha value is -1.56. The van der Waals surface area contributed by atoms with Gasteiger partial charge in [0.2, 0.25) is 0 Å². The monoisotopic (exact) mass is 285 g/mol. The number of carbonyl (C=O) groups is 2. The third-order valence-electron chi connectivity index (χ3n) is 2.10. The number of hydrogen-bond donors (Lipinski definition) is 1. The van der Waals surface area contributed by atoms with Crippen LogP contribution in [0, 0.1) is 0 Å². The fourth-order valence-electron chi connectivity index (χ4n) is 1.37. The summed E-state index contributed by atoms with van der Waals surface area (Å²) in [4.78, 5) is 22.4. The molecular weight excluding hydrogens is 278 g/mol. The van der Waals surface area contributed by atoms with Crippen molar-refractivity contribution in [1.29, 1.82) is 0 Å². The molecule has 0 bridgehead atoms. The van der Waals surface area contributed by atoms with Crippen LogP contribution in [0.25, 0.3) is 0 Å². The molecule has 0 atom stereocenters. The van der Waals surface area contributed by atoms with Gasteiger partial charge in [-0.15, -0.1) is 0 Å². The number of esters is 1. The van der Waals surface area contributed by atoms with Crippen molar-refractivity contribution >= 4 is 33.5 Å². The Bertz CT molecular complexity index is 472. The van der Waals surface area contributed by atoms with E-state index in [1.807, 2.05) is 0 Å². The van der Waals surface area contributed by atoms with Gasteiger partial charge in [0.1, 0.15) is 5.75 Å². The zero-order chi connectivity index (χ0) is 11.7. The topological polar surface area (TPSA) is 64.6 Å². The van der Waals surface area contributed by atoms with E-state index in [9.17, 15) is 9.59 Å². The van der Waals surface area contributed by atoms with E-state index in [2.05, 4.69) is 26.0 Å². The summed E-state index contributed by atoms with van der Waals surface area (Å²) in [6.45, 7) is -0.0515. The van der Waals surface area contributed by atoms with Crippen molar-refractivity contribution in [2.24, 2.45) is 0 Å². The molecule has 0 saturated heterocycles. The number of nitrogens with one attached hydrogen (secondary N) is 1. The van der Waals surface area contributed by atoms with Gasteiger partial charge in [-0.2, -0.15) is 0 Å². The number of methoxy groups -OCH3 is 1. The first-order valence-corrected chi connectivity index (χ1v) is 5.25. The average Bonchev–Trinajstić information content (AvgIpc) is 2.28. The largest absolute Gasteiger partial charge is 0.482 e. The lowest BCUT2D eigenvalue weighted by molar-refractivity contribution is -0.118. The predicted octanol–water partition coefficient (Wildman–Crippen LogP) is 1.57. The molecule has 6 heteroatoms. The van der Waals surface area contributed by atoms with Gasteiger partial charge in [-0.05, 0) is 28.1 Å². The number of carbonyl (C=O) groups excluding carboxylic acids is 2. The van der Waals surface area contributed by atoms with Crippen molar-refractivity contribution < 1.29 is 19.1 Å². The molecular formula is C10H8BrNO4. The summed E-state index contributed by atoms with van der Waals surface area (Å²) in [6, 6.07) is 3.10. The van der Waals surface area contributed by atoms with Crippen LogP contribution < -0.4 is 10.1 Å². The summed E-state index contributed by atoms with van der Waals surface area (Å²) >= 11 is 3.26. The zero-order valence-electron chi connectivity index (χ0n) is 8.37. The molecule has 16 heavy (non-hydrogen) atoms. The summed E-state index contributed by atoms with van der Waals surface area (Å²) in [6.07, 6.45) is 0. The first-order valence-electron chi connectivity index (χ1n) is 4.46. The average molecular weight is 286 g/mol. The Labute approximate surface area is 99.9 Å². The Kier molecular flexibility index (Phi) is 2.82. The van der Waals surface area contributed by atoms with Gasteiger partial charge >= 0.3 is 5.97 Å². The molecule has 1 amide bonds. The van der Waals surface area contributed by atoms with Crippen molar-refractivity contribution in [3.63, 3.8) is 0 Å². The highest BCUT2D eigenvalue weighted by molar-refractivity contribution is 9.10. The maximum atomic E-state index is 11.3. The van der Waals surface area contributed by atoms with Gasteiger partial charge in [-0.3, -0.25) is 4.79 Å². The molecule has 2 rings (SSSR count). The summed E-state index contributed by atoms with van der Waals surface area (Å²) in [5, 5.41) is 2.65. The number of amides is 1. The lowest BCUT2D eigenvalue weighted by atomic mass is 10.1. The van der Waals surface area contributed by atoms with E-state index in [1.165, 1.54) is 13.2 Å². The van der Waals surface area contributed by atoms with E-state index in [-0.39, 0.29) is 12.5 Å². The van der Waals surface area contributed by atoms with E-state index in [4.69, 9.17) is 4.74 Å². The molecule has 0 spiro atoms. The van der Waals surface area contributed by atoms with Crippen LogP contribution in [0.15, 0.2) is 16.6 Å². The first kappa shape index (κ1) is 10.9. The van der Waals surface area contributed by atoms with Gasteiger partial charge in [0, 0.05) is 4.47 Å². The molecule has 0 unspecified atom stereocenters. The molecule has 5 nitrogen and oxygen atoms in total. The standard InChI is InChI=1S/C10H8BrNO4/c1-15-10(14)5-2-6(11)9-7(3-5)16-4-8(13)12-9/h2-3H,4H2,1H3,(H,12,13). The molecule has 1 aliphatic rings. The zero-order valence-corrected chi connectivity index (χ0v) is 9.96. The van der Waals surface area contributed by atoms with E-state index in [1.54, 1.807) is 6.07 Å². The van der Waals surface area contributed by atoms with E-state index < -0.39 is 5.97 Å². The maximum Gasteiger partial charge on any atom is 0.338 e. The van der Waals surface area contributed by atoms with Crippen molar-refractivity contribution in [2.45, 2.75) is 0 Å². The molecule has 0 aliphatic carbocycles. The van der Waals surface area contributed by atoms with Gasteiger partial charge in [0.15, 0.2) is 6.61 Å². The van der Waals surface area contributed by atoms with E-state index >= 15 is 0 Å². The Morgan fingerprint density at radius 1 is 1.56 bits per heavy atom. The molecule has 1 aromatic rings. The second-order valence-corrected chi connectivity index (χ2v) is 4.01. The molecule has 1 heterocycles. The number of benzene rings is 1. The molecule has 1 aromatic carbocycles. The maximum absolute atomic E-state index is 11.3. The van der Waals surface area contributed by atoms with E-state index in [0.29, 0.717) is 21.5 Å². The molecule has 84 valence electrons. The third-order valence-corrected chi connectivity index (χ3v) is 2.72.